The van der Waals surface area contributed by atoms with Gasteiger partial charge in [0.05, 0.1) is 13.7 Å². The third-order valence-electron chi connectivity index (χ3n) is 4.58. The molecule has 0 spiro atoms. The molecule has 0 heterocycles. The van der Waals surface area contributed by atoms with Gasteiger partial charge in [0.25, 0.3) is 0 Å². The Hall–Kier alpha value is -2.73. The minimum absolute atomic E-state index is 0.622. The summed E-state index contributed by atoms with van der Waals surface area (Å²) in [5.41, 5.74) is 4.52. The molecule has 0 radical (unpaired) electrons. The quantitative estimate of drug-likeness (QED) is 0.363. The Morgan fingerprint density at radius 2 is 1.72 bits per heavy atom. The van der Waals surface area contributed by atoms with E-state index in [0.29, 0.717) is 26.3 Å². The maximum atomic E-state index is 5.96. The van der Waals surface area contributed by atoms with Gasteiger partial charge in [-0.1, -0.05) is 24.3 Å². The van der Waals surface area contributed by atoms with Crippen LogP contribution in [0.25, 0.3) is 0 Å². The van der Waals surface area contributed by atoms with E-state index in [4.69, 9.17) is 14.2 Å². The molecule has 0 saturated heterocycles. The number of benzene rings is 2. The van der Waals surface area contributed by atoms with Crippen LogP contribution in [-0.4, -0.2) is 40.4 Å². The molecule has 0 unspecified atom stereocenters. The molecule has 158 valence electrons. The molecule has 0 bridgehead atoms. The van der Waals surface area contributed by atoms with Gasteiger partial charge in [-0.25, -0.2) is 0 Å². The average Bonchev–Trinajstić information content (AvgIpc) is 2.73. The molecule has 6 nitrogen and oxygen atoms in total. The minimum atomic E-state index is 0.622. The van der Waals surface area contributed by atoms with Crippen molar-refractivity contribution in [3.05, 3.63) is 58.7 Å². The number of aliphatic imine (C=N–C) groups is 1. The molecule has 0 aromatic heterocycles. The lowest BCUT2D eigenvalue weighted by Gasteiger charge is -2.16. The smallest absolute Gasteiger partial charge is 0.191 e. The Kier molecular flexibility index (Phi) is 9.31. The SMILES string of the molecule is CN=C(NCc1ccc(C)c(OC)c1)NCc1ccc(C)cc1OCCCOC. The van der Waals surface area contributed by atoms with Crippen molar-refractivity contribution in [3.8, 4) is 11.5 Å². The summed E-state index contributed by atoms with van der Waals surface area (Å²) < 4.78 is 16.4. The third-order valence-corrected chi connectivity index (χ3v) is 4.58. The van der Waals surface area contributed by atoms with E-state index in [1.165, 1.54) is 5.56 Å². The van der Waals surface area contributed by atoms with Gasteiger partial charge >= 0.3 is 0 Å². The largest absolute Gasteiger partial charge is 0.496 e. The zero-order valence-electron chi connectivity index (χ0n) is 18.2. The van der Waals surface area contributed by atoms with Gasteiger partial charge in [-0.2, -0.15) is 0 Å². The molecule has 2 rings (SSSR count). The summed E-state index contributed by atoms with van der Waals surface area (Å²) in [5, 5.41) is 6.70. The van der Waals surface area contributed by atoms with Gasteiger partial charge in [0.2, 0.25) is 0 Å². The first-order chi connectivity index (χ1) is 14.1. The summed E-state index contributed by atoms with van der Waals surface area (Å²) in [6, 6.07) is 12.4. The van der Waals surface area contributed by atoms with Gasteiger partial charge in [-0.15, -0.1) is 0 Å². The molecule has 6 heteroatoms. The van der Waals surface area contributed by atoms with Crippen LogP contribution >= 0.6 is 0 Å². The Labute approximate surface area is 174 Å². The maximum Gasteiger partial charge on any atom is 0.191 e. The van der Waals surface area contributed by atoms with E-state index in [2.05, 4.69) is 52.9 Å². The molecule has 0 amide bonds. The van der Waals surface area contributed by atoms with Gasteiger partial charge in [-0.3, -0.25) is 4.99 Å². The highest BCUT2D eigenvalue weighted by Crippen LogP contribution is 2.21. The van der Waals surface area contributed by atoms with E-state index in [1.807, 2.05) is 13.0 Å². The number of methoxy groups -OCH3 is 2. The number of hydrogen-bond donors (Lipinski definition) is 2. The molecule has 0 saturated carbocycles. The van der Waals surface area contributed by atoms with E-state index in [9.17, 15) is 0 Å². The van der Waals surface area contributed by atoms with Gasteiger partial charge in [0.1, 0.15) is 11.5 Å². The van der Waals surface area contributed by atoms with Crippen molar-refractivity contribution in [2.75, 3.05) is 34.5 Å². The van der Waals surface area contributed by atoms with Crippen LogP contribution in [-0.2, 0) is 17.8 Å². The van der Waals surface area contributed by atoms with Crippen LogP contribution in [0.4, 0.5) is 0 Å². The summed E-state index contributed by atoms with van der Waals surface area (Å²) in [6.45, 7) is 6.70. The van der Waals surface area contributed by atoms with Crippen molar-refractivity contribution in [1.29, 1.82) is 0 Å². The van der Waals surface area contributed by atoms with Crippen molar-refractivity contribution >= 4 is 5.96 Å². The summed E-state index contributed by atoms with van der Waals surface area (Å²) in [6.07, 6.45) is 0.862. The van der Waals surface area contributed by atoms with Crippen LogP contribution in [0.2, 0.25) is 0 Å². The van der Waals surface area contributed by atoms with Crippen molar-refractivity contribution in [3.63, 3.8) is 0 Å². The average molecular weight is 400 g/mol. The van der Waals surface area contributed by atoms with Gasteiger partial charge < -0.3 is 24.8 Å². The number of nitrogens with one attached hydrogen (secondary N) is 2. The first-order valence-electron chi connectivity index (χ1n) is 9.86. The lowest BCUT2D eigenvalue weighted by atomic mass is 10.1. The number of aryl methyl sites for hydroxylation is 2. The van der Waals surface area contributed by atoms with Crippen molar-refractivity contribution < 1.29 is 14.2 Å². The number of hydrogen-bond acceptors (Lipinski definition) is 4. The predicted octanol–water partition coefficient (Wildman–Crippen LogP) is 3.59. The van der Waals surface area contributed by atoms with Gasteiger partial charge in [-0.05, 0) is 42.7 Å². The molecule has 29 heavy (non-hydrogen) atoms. The highest BCUT2D eigenvalue weighted by Gasteiger charge is 2.07. The molecular weight excluding hydrogens is 366 g/mol. The maximum absolute atomic E-state index is 5.96. The molecule has 0 aliphatic carbocycles. The molecule has 0 atom stereocenters. The molecule has 0 aliphatic heterocycles. The van der Waals surface area contributed by atoms with Crippen LogP contribution < -0.4 is 20.1 Å². The molecule has 2 aromatic carbocycles. The van der Waals surface area contributed by atoms with E-state index in [1.54, 1.807) is 21.3 Å². The topological polar surface area (TPSA) is 64.1 Å². The second-order valence-corrected chi connectivity index (χ2v) is 6.89. The number of nitrogens with zero attached hydrogens (tertiary/aromatic N) is 1. The van der Waals surface area contributed by atoms with E-state index in [-0.39, 0.29) is 0 Å². The minimum Gasteiger partial charge on any atom is -0.496 e. The molecular formula is C23H33N3O3. The van der Waals surface area contributed by atoms with Gasteiger partial charge in [0.15, 0.2) is 5.96 Å². The van der Waals surface area contributed by atoms with Crippen molar-refractivity contribution in [2.45, 2.75) is 33.4 Å². The van der Waals surface area contributed by atoms with Crippen molar-refractivity contribution in [2.24, 2.45) is 4.99 Å². The van der Waals surface area contributed by atoms with Crippen LogP contribution in [0.15, 0.2) is 41.4 Å². The van der Waals surface area contributed by atoms with E-state index in [0.717, 1.165) is 40.6 Å². The van der Waals surface area contributed by atoms with E-state index < -0.39 is 0 Å². The monoisotopic (exact) mass is 399 g/mol. The van der Waals surface area contributed by atoms with Crippen LogP contribution in [0.3, 0.4) is 0 Å². The Morgan fingerprint density at radius 1 is 0.931 bits per heavy atom. The Balaban J connectivity index is 1.93. The molecule has 0 fully saturated rings. The third kappa shape index (κ3) is 7.31. The fourth-order valence-electron chi connectivity index (χ4n) is 2.89. The highest BCUT2D eigenvalue weighted by molar-refractivity contribution is 5.79. The highest BCUT2D eigenvalue weighted by atomic mass is 16.5. The predicted molar refractivity (Wildman–Crippen MR) is 118 cm³/mol. The summed E-state index contributed by atoms with van der Waals surface area (Å²) in [7, 11) is 5.16. The standard InChI is InChI=1S/C23H33N3O3/c1-17-7-10-20(22(13-17)29-12-6-11-27-4)16-26-23(24-3)25-15-19-9-8-18(2)21(14-19)28-5/h7-10,13-14H,6,11-12,15-16H2,1-5H3,(H2,24,25,26). The van der Waals surface area contributed by atoms with Crippen molar-refractivity contribution in [1.82, 2.24) is 10.6 Å². The normalized spacial score (nSPS) is 11.3. The first-order valence-corrected chi connectivity index (χ1v) is 9.86. The summed E-state index contributed by atoms with van der Waals surface area (Å²) in [4.78, 5) is 4.32. The molecule has 2 N–H and O–H groups in total. The Bertz CT molecular complexity index is 806. The zero-order valence-corrected chi connectivity index (χ0v) is 18.2. The zero-order chi connectivity index (χ0) is 21.1. The second kappa shape index (κ2) is 12.0. The number of guanidine groups is 1. The van der Waals surface area contributed by atoms with Gasteiger partial charge in [0, 0.05) is 45.8 Å². The van der Waals surface area contributed by atoms with E-state index >= 15 is 0 Å². The Morgan fingerprint density at radius 3 is 2.45 bits per heavy atom. The fraction of sp³-hybridized carbons (Fsp3) is 0.435. The number of ether oxygens (including phenoxy) is 3. The van der Waals surface area contributed by atoms with Crippen LogP contribution in [0, 0.1) is 13.8 Å². The second-order valence-electron chi connectivity index (χ2n) is 6.89. The number of rotatable bonds is 10. The van der Waals surface area contributed by atoms with Crippen LogP contribution in [0.1, 0.15) is 28.7 Å². The molecule has 0 aliphatic rings. The summed E-state index contributed by atoms with van der Waals surface area (Å²) >= 11 is 0. The van der Waals surface area contributed by atoms with Crippen LogP contribution in [0.5, 0.6) is 11.5 Å². The lowest BCUT2D eigenvalue weighted by Crippen LogP contribution is -2.36. The fourth-order valence-corrected chi connectivity index (χ4v) is 2.89. The molecule has 2 aromatic rings. The first kappa shape index (κ1) is 22.6. The lowest BCUT2D eigenvalue weighted by molar-refractivity contribution is 0.171. The summed E-state index contributed by atoms with van der Waals surface area (Å²) in [5.74, 6) is 2.52.